The summed E-state index contributed by atoms with van der Waals surface area (Å²) in [6.07, 6.45) is 9.11. The first-order valence-electron chi connectivity index (χ1n) is 9.95. The predicted octanol–water partition coefficient (Wildman–Crippen LogP) is 1.57. The molecule has 0 unspecified atom stereocenters. The number of benzene rings is 2. The lowest BCUT2D eigenvalue weighted by atomic mass is 10.1. The lowest BCUT2D eigenvalue weighted by Gasteiger charge is -2.14. The van der Waals surface area contributed by atoms with E-state index >= 15 is 0 Å². The van der Waals surface area contributed by atoms with Crippen molar-refractivity contribution in [2.75, 3.05) is 13.2 Å². The van der Waals surface area contributed by atoms with Crippen LogP contribution in [0, 0.1) is 12.8 Å². The van der Waals surface area contributed by atoms with Crippen molar-refractivity contribution in [2.24, 2.45) is 5.73 Å². The minimum Gasteiger partial charge on any atom is -0.494 e. The largest absolute Gasteiger partial charge is 0.494 e. The highest BCUT2D eigenvalue weighted by atomic mass is 16.5. The summed E-state index contributed by atoms with van der Waals surface area (Å²) in [5.74, 6) is -3.59. The van der Waals surface area contributed by atoms with Gasteiger partial charge in [-0.05, 0) is 42.7 Å². The fraction of sp³-hybridized carbons (Fsp3) is 0.208. The van der Waals surface area contributed by atoms with Gasteiger partial charge in [0.15, 0.2) is 0 Å². The normalized spacial score (nSPS) is 11.3. The van der Waals surface area contributed by atoms with Crippen LogP contribution in [0.25, 0.3) is 0 Å². The molecule has 0 radical (unpaired) electrons. The van der Waals surface area contributed by atoms with Crippen molar-refractivity contribution in [3.05, 3.63) is 65.2 Å². The summed E-state index contributed by atoms with van der Waals surface area (Å²) in [6.45, 7) is 0.685. The van der Waals surface area contributed by atoms with Crippen LogP contribution in [-0.4, -0.2) is 57.9 Å². The van der Waals surface area contributed by atoms with Crippen LogP contribution in [0.1, 0.15) is 39.1 Å². The van der Waals surface area contributed by atoms with E-state index in [4.69, 9.17) is 14.9 Å². The number of fused-ring (bicyclic) bond motifs is 1. The van der Waals surface area contributed by atoms with E-state index in [0.29, 0.717) is 42.9 Å². The molecule has 1 aliphatic heterocycles. The third-order valence-corrected chi connectivity index (χ3v) is 4.43. The first-order chi connectivity index (χ1) is 16.2. The molecule has 4 N–H and O–H groups in total. The minimum absolute atomic E-state index is 0.0977. The average molecular weight is 468 g/mol. The topological polar surface area (TPSA) is 164 Å². The van der Waals surface area contributed by atoms with Gasteiger partial charge in [-0.15, -0.1) is 12.8 Å². The molecule has 0 spiro atoms. The maximum Gasteiger partial charge on any atom is 0.394 e. The Morgan fingerprint density at radius 2 is 1.41 bits per heavy atom. The molecule has 0 atom stereocenters. The first-order valence-corrected chi connectivity index (χ1v) is 9.95. The number of imide groups is 1. The van der Waals surface area contributed by atoms with Gasteiger partial charge in [0.1, 0.15) is 5.75 Å². The first kappa shape index (κ1) is 27.4. The maximum absolute atomic E-state index is 12.2. The predicted molar refractivity (Wildman–Crippen MR) is 121 cm³/mol. The molecular formula is C24H24N2O8. The van der Waals surface area contributed by atoms with Gasteiger partial charge in [-0.2, -0.15) is 0 Å². The number of carboxylic acids is 2. The Labute approximate surface area is 195 Å². The molecule has 3 amide bonds. The van der Waals surface area contributed by atoms with E-state index in [9.17, 15) is 24.0 Å². The zero-order valence-electron chi connectivity index (χ0n) is 18.2. The Balaban J connectivity index is 0.000000631. The number of carbonyl (C=O) groups excluding carboxylic acids is 3. The van der Waals surface area contributed by atoms with Crippen LogP contribution in [0.15, 0.2) is 48.5 Å². The number of carbonyl (C=O) groups is 5. The van der Waals surface area contributed by atoms with Crippen LogP contribution in [-0.2, 0) is 20.8 Å². The van der Waals surface area contributed by atoms with Gasteiger partial charge < -0.3 is 20.7 Å². The van der Waals surface area contributed by atoms with Gasteiger partial charge in [0, 0.05) is 13.0 Å². The number of terminal acetylenes is 1. The number of ether oxygens (including phenoxy) is 1. The van der Waals surface area contributed by atoms with E-state index < -0.39 is 17.8 Å². The molecule has 178 valence electrons. The summed E-state index contributed by atoms with van der Waals surface area (Å²) in [4.78, 5) is 54.8. The lowest BCUT2D eigenvalue weighted by molar-refractivity contribution is -0.148. The van der Waals surface area contributed by atoms with E-state index in [1.165, 1.54) is 4.90 Å². The Kier molecular flexibility index (Phi) is 11.0. The van der Waals surface area contributed by atoms with Crippen LogP contribution in [0.5, 0.6) is 5.75 Å². The molecule has 1 heterocycles. The zero-order chi connectivity index (χ0) is 25.7. The van der Waals surface area contributed by atoms with Crippen molar-refractivity contribution >= 4 is 29.7 Å². The standard InChI is InChI=1S/C20H19NO5.C2H3NO3.C2H2/c22-18(23)11-8-14-6-9-15(10-7-14)26-13-3-12-21-19(24)16-4-1-2-5-17(16)20(21)25;3-1(4)2(5)6;1-2/h1-2,4-7,9-10H,3,8,11-13H2,(H,22,23);(H2,3,4)(H,5,6);1-2H. The number of aliphatic carboxylic acids is 2. The van der Waals surface area contributed by atoms with E-state index in [1.807, 2.05) is 12.1 Å². The molecule has 10 heteroatoms. The number of nitrogens with zero attached hydrogens (tertiary/aromatic N) is 1. The lowest BCUT2D eigenvalue weighted by Crippen LogP contribution is -2.31. The highest BCUT2D eigenvalue weighted by Gasteiger charge is 2.34. The maximum atomic E-state index is 12.2. The molecule has 34 heavy (non-hydrogen) atoms. The quantitative estimate of drug-likeness (QED) is 0.227. The number of hydrogen-bond acceptors (Lipinski definition) is 6. The van der Waals surface area contributed by atoms with Crippen molar-refractivity contribution in [2.45, 2.75) is 19.3 Å². The minimum atomic E-state index is -1.60. The number of primary amides is 1. The molecular weight excluding hydrogens is 444 g/mol. The average Bonchev–Trinajstić information content (AvgIpc) is 3.07. The fourth-order valence-corrected chi connectivity index (χ4v) is 2.86. The SMILES string of the molecule is C#C.NC(=O)C(=O)O.O=C(O)CCc1ccc(OCCCN2C(=O)c3ccccc3C2=O)cc1. The van der Waals surface area contributed by atoms with Gasteiger partial charge >= 0.3 is 17.8 Å². The Hall–Kier alpha value is -4.65. The zero-order valence-corrected chi connectivity index (χ0v) is 18.2. The van der Waals surface area contributed by atoms with E-state index in [0.717, 1.165) is 5.56 Å². The summed E-state index contributed by atoms with van der Waals surface area (Å²) in [6, 6.07) is 14.1. The van der Waals surface area contributed by atoms with Gasteiger partial charge in [0.05, 0.1) is 17.7 Å². The summed E-state index contributed by atoms with van der Waals surface area (Å²) >= 11 is 0. The molecule has 0 saturated heterocycles. The Morgan fingerprint density at radius 3 is 1.85 bits per heavy atom. The summed E-state index contributed by atoms with van der Waals surface area (Å²) < 4.78 is 5.63. The summed E-state index contributed by atoms with van der Waals surface area (Å²) in [7, 11) is 0. The molecule has 2 aromatic carbocycles. The number of nitrogens with two attached hydrogens (primary N) is 1. The highest BCUT2D eigenvalue weighted by molar-refractivity contribution is 6.30. The Bertz CT molecular complexity index is 1010. The van der Waals surface area contributed by atoms with Crippen LogP contribution < -0.4 is 10.5 Å². The van der Waals surface area contributed by atoms with Gasteiger partial charge in [-0.25, -0.2) is 4.79 Å². The summed E-state index contributed by atoms with van der Waals surface area (Å²) in [5.41, 5.74) is 6.04. The van der Waals surface area contributed by atoms with E-state index in [-0.39, 0.29) is 18.2 Å². The van der Waals surface area contributed by atoms with Gasteiger partial charge in [-0.3, -0.25) is 24.1 Å². The number of carboxylic acid groups (broad SMARTS) is 2. The van der Waals surface area contributed by atoms with E-state index in [2.05, 4.69) is 18.6 Å². The second-order valence-corrected chi connectivity index (χ2v) is 6.72. The van der Waals surface area contributed by atoms with Crippen molar-refractivity contribution in [3.8, 4) is 18.6 Å². The second kappa shape index (κ2) is 13.7. The third-order valence-electron chi connectivity index (χ3n) is 4.43. The molecule has 10 nitrogen and oxygen atoms in total. The van der Waals surface area contributed by atoms with Gasteiger partial charge in [0.25, 0.3) is 11.8 Å². The highest BCUT2D eigenvalue weighted by Crippen LogP contribution is 2.22. The van der Waals surface area contributed by atoms with Crippen molar-refractivity contribution in [1.29, 1.82) is 0 Å². The van der Waals surface area contributed by atoms with Crippen LogP contribution in [0.4, 0.5) is 0 Å². The third kappa shape index (κ3) is 8.12. The van der Waals surface area contributed by atoms with Crippen molar-refractivity contribution < 1.29 is 38.9 Å². The van der Waals surface area contributed by atoms with Crippen molar-refractivity contribution in [1.82, 2.24) is 4.90 Å². The van der Waals surface area contributed by atoms with E-state index in [1.54, 1.807) is 36.4 Å². The van der Waals surface area contributed by atoms with Crippen LogP contribution >= 0.6 is 0 Å². The molecule has 0 aliphatic carbocycles. The van der Waals surface area contributed by atoms with Crippen LogP contribution in [0.3, 0.4) is 0 Å². The number of hydrogen-bond donors (Lipinski definition) is 3. The molecule has 2 aromatic rings. The molecule has 1 aliphatic rings. The second-order valence-electron chi connectivity index (χ2n) is 6.72. The molecule has 0 aromatic heterocycles. The molecule has 0 fully saturated rings. The number of rotatable bonds is 8. The number of aryl methyl sites for hydroxylation is 1. The van der Waals surface area contributed by atoms with Crippen molar-refractivity contribution in [3.63, 3.8) is 0 Å². The molecule has 0 saturated carbocycles. The smallest absolute Gasteiger partial charge is 0.394 e. The fourth-order valence-electron chi connectivity index (χ4n) is 2.86. The monoisotopic (exact) mass is 468 g/mol. The van der Waals surface area contributed by atoms with Gasteiger partial charge in [-0.1, -0.05) is 24.3 Å². The van der Waals surface area contributed by atoms with Gasteiger partial charge in [0.2, 0.25) is 0 Å². The Morgan fingerprint density at radius 1 is 0.912 bits per heavy atom. The molecule has 0 bridgehead atoms. The summed E-state index contributed by atoms with van der Waals surface area (Å²) in [5, 5.41) is 16.2. The molecule has 3 rings (SSSR count). The number of amides is 3. The van der Waals surface area contributed by atoms with Crippen LogP contribution in [0.2, 0.25) is 0 Å².